The predicted molar refractivity (Wildman–Crippen MR) is 62.6 cm³/mol. The first-order chi connectivity index (χ1) is 7.59. The molecule has 0 spiro atoms. The van der Waals surface area contributed by atoms with Crippen LogP contribution in [-0.2, 0) is 0 Å². The fourth-order valence-electron chi connectivity index (χ4n) is 1.42. The van der Waals surface area contributed by atoms with Crippen molar-refractivity contribution in [1.29, 1.82) is 0 Å². The Morgan fingerprint density at radius 2 is 2.06 bits per heavy atom. The zero-order valence-corrected chi connectivity index (χ0v) is 9.00. The number of nitrogens with zero attached hydrogens (tertiary/aromatic N) is 1. The topological polar surface area (TPSA) is 63.4 Å². The van der Waals surface area contributed by atoms with Gasteiger partial charge in [-0.15, -0.1) is 0 Å². The predicted octanol–water partition coefficient (Wildman–Crippen LogP) is 2.12. The summed E-state index contributed by atoms with van der Waals surface area (Å²) in [5.41, 5.74) is 1.90. The van der Waals surface area contributed by atoms with Gasteiger partial charge >= 0.3 is 0 Å². The van der Waals surface area contributed by atoms with E-state index in [0.29, 0.717) is 12.8 Å². The van der Waals surface area contributed by atoms with Crippen LogP contribution in [0.3, 0.4) is 0 Å². The summed E-state index contributed by atoms with van der Waals surface area (Å²) in [6.45, 7) is 3.49. The van der Waals surface area contributed by atoms with E-state index in [1.807, 2.05) is 30.3 Å². The smallest absolute Gasteiger partial charge is 0.229 e. The van der Waals surface area contributed by atoms with Crippen LogP contribution in [0.1, 0.15) is 18.4 Å². The molecule has 4 heteroatoms. The Hall–Kier alpha value is -1.68. The molecule has 0 saturated heterocycles. The van der Waals surface area contributed by atoms with Crippen molar-refractivity contribution < 1.29 is 10.0 Å². The van der Waals surface area contributed by atoms with E-state index in [2.05, 4.69) is 6.58 Å². The van der Waals surface area contributed by atoms with Crippen molar-refractivity contribution in [2.24, 2.45) is 0 Å². The first-order valence-electron chi connectivity index (χ1n) is 5.12. The molecular weight excluding hydrogens is 206 g/mol. The van der Waals surface area contributed by atoms with Gasteiger partial charge < -0.3 is 5.11 Å². The van der Waals surface area contributed by atoms with Crippen LogP contribution in [-0.4, -0.2) is 22.7 Å². The van der Waals surface area contributed by atoms with Crippen molar-refractivity contribution in [3.63, 3.8) is 0 Å². The van der Waals surface area contributed by atoms with Crippen molar-refractivity contribution in [3.8, 4) is 0 Å². The maximum absolute atomic E-state index is 10.1. The minimum absolute atomic E-state index is 0.370. The van der Waals surface area contributed by atoms with Gasteiger partial charge in [-0.3, -0.25) is 10.1 Å². The van der Waals surface area contributed by atoms with Gasteiger partial charge in [-0.25, -0.2) is 0 Å². The number of rotatable bonds is 6. The van der Waals surface area contributed by atoms with E-state index in [4.69, 9.17) is 0 Å². The van der Waals surface area contributed by atoms with E-state index in [0.717, 1.165) is 11.1 Å². The number of nitro groups is 1. The number of aliphatic hydroxyl groups excluding tert-OH is 1. The minimum atomic E-state index is -0.893. The Kier molecular flexibility index (Phi) is 4.66. The molecule has 0 fully saturated rings. The van der Waals surface area contributed by atoms with Crippen molar-refractivity contribution >= 4 is 5.57 Å². The maximum Gasteiger partial charge on any atom is 0.229 e. The van der Waals surface area contributed by atoms with Crippen LogP contribution in [0.25, 0.3) is 5.57 Å². The van der Waals surface area contributed by atoms with Gasteiger partial charge in [0.05, 0.1) is 0 Å². The van der Waals surface area contributed by atoms with Crippen LogP contribution in [0, 0.1) is 10.1 Å². The van der Waals surface area contributed by atoms with Crippen LogP contribution in [0.15, 0.2) is 36.9 Å². The van der Waals surface area contributed by atoms with E-state index < -0.39 is 17.6 Å². The maximum atomic E-state index is 10.1. The molecule has 1 N–H and O–H groups in total. The molecule has 1 rings (SSSR count). The lowest BCUT2D eigenvalue weighted by Gasteiger charge is -2.08. The Bertz CT molecular complexity index is 362. The van der Waals surface area contributed by atoms with Crippen molar-refractivity contribution in [2.75, 3.05) is 6.54 Å². The monoisotopic (exact) mass is 221 g/mol. The Labute approximate surface area is 94.4 Å². The summed E-state index contributed by atoms with van der Waals surface area (Å²) in [5.74, 6) is 0. The van der Waals surface area contributed by atoms with Crippen molar-refractivity contribution in [2.45, 2.75) is 18.9 Å². The molecule has 1 atom stereocenters. The summed E-state index contributed by atoms with van der Waals surface area (Å²) < 4.78 is 0. The third-order valence-corrected chi connectivity index (χ3v) is 2.32. The molecule has 1 aromatic carbocycles. The highest BCUT2D eigenvalue weighted by Gasteiger charge is 2.11. The molecule has 4 nitrogen and oxygen atoms in total. The highest BCUT2D eigenvalue weighted by Crippen LogP contribution is 2.18. The minimum Gasteiger partial charge on any atom is -0.386 e. The highest BCUT2D eigenvalue weighted by atomic mass is 16.6. The van der Waals surface area contributed by atoms with Crippen molar-refractivity contribution in [3.05, 3.63) is 52.6 Å². The second kappa shape index (κ2) is 6.02. The van der Waals surface area contributed by atoms with Crippen molar-refractivity contribution in [1.82, 2.24) is 0 Å². The van der Waals surface area contributed by atoms with E-state index in [1.54, 1.807) is 0 Å². The van der Waals surface area contributed by atoms with Gasteiger partial charge in [0.15, 0.2) is 0 Å². The largest absolute Gasteiger partial charge is 0.386 e. The second-order valence-corrected chi connectivity index (χ2v) is 3.68. The number of hydrogen-bond acceptors (Lipinski definition) is 3. The Balaban J connectivity index is 2.39. The first kappa shape index (κ1) is 12.4. The van der Waals surface area contributed by atoms with Gasteiger partial charge in [-0.2, -0.15) is 0 Å². The molecule has 0 aromatic heterocycles. The lowest BCUT2D eigenvalue weighted by molar-refractivity contribution is -0.490. The summed E-state index contributed by atoms with van der Waals surface area (Å²) in [6.07, 6.45) is 0.0451. The third kappa shape index (κ3) is 4.23. The molecule has 86 valence electrons. The lowest BCUT2D eigenvalue weighted by atomic mass is 10.0. The quantitative estimate of drug-likeness (QED) is 0.591. The molecule has 0 unspecified atom stereocenters. The summed E-state index contributed by atoms with van der Waals surface area (Å²) in [7, 11) is 0. The molecule has 0 aliphatic carbocycles. The lowest BCUT2D eigenvalue weighted by Crippen LogP contribution is -2.19. The van der Waals surface area contributed by atoms with E-state index in [-0.39, 0.29) is 0 Å². The summed E-state index contributed by atoms with van der Waals surface area (Å²) >= 11 is 0. The standard InChI is InChI=1S/C12H15NO3/c1-10(11-5-3-2-4-6-11)7-8-12(14)9-13(15)16/h2-6,12,14H,1,7-9H2/t12-/m0/s1. The SMILES string of the molecule is C=C(CC[C@H](O)C[N+](=O)[O-])c1ccccc1. The van der Waals surface area contributed by atoms with Gasteiger partial charge in [0.1, 0.15) is 6.10 Å². The summed E-state index contributed by atoms with van der Waals surface area (Å²) in [4.78, 5) is 9.64. The molecule has 0 amide bonds. The van der Waals surface area contributed by atoms with Crippen LogP contribution in [0.2, 0.25) is 0 Å². The second-order valence-electron chi connectivity index (χ2n) is 3.68. The molecule has 0 bridgehead atoms. The van der Waals surface area contributed by atoms with Crippen LogP contribution < -0.4 is 0 Å². The molecule has 1 aromatic rings. The summed E-state index contributed by atoms with van der Waals surface area (Å²) in [6, 6.07) is 9.60. The number of hydrogen-bond donors (Lipinski definition) is 1. The Morgan fingerprint density at radius 3 is 2.62 bits per heavy atom. The van der Waals surface area contributed by atoms with Gasteiger partial charge in [0.2, 0.25) is 6.54 Å². The van der Waals surface area contributed by atoms with Gasteiger partial charge in [0, 0.05) is 4.92 Å². The summed E-state index contributed by atoms with van der Waals surface area (Å²) in [5, 5.41) is 19.5. The van der Waals surface area contributed by atoms with Crippen LogP contribution >= 0.6 is 0 Å². The zero-order valence-electron chi connectivity index (χ0n) is 9.00. The zero-order chi connectivity index (χ0) is 12.0. The van der Waals surface area contributed by atoms with E-state index in [1.165, 1.54) is 0 Å². The molecular formula is C12H15NO3. The van der Waals surface area contributed by atoms with Crippen LogP contribution in [0.4, 0.5) is 0 Å². The molecule has 0 heterocycles. The Morgan fingerprint density at radius 1 is 1.44 bits per heavy atom. The number of benzene rings is 1. The molecule has 16 heavy (non-hydrogen) atoms. The number of aliphatic hydroxyl groups is 1. The van der Waals surface area contributed by atoms with Gasteiger partial charge in [0.25, 0.3) is 0 Å². The van der Waals surface area contributed by atoms with E-state index in [9.17, 15) is 15.2 Å². The number of allylic oxidation sites excluding steroid dienone is 1. The average molecular weight is 221 g/mol. The molecule has 0 aliphatic heterocycles. The van der Waals surface area contributed by atoms with E-state index >= 15 is 0 Å². The molecule has 0 aliphatic rings. The normalized spacial score (nSPS) is 12.1. The highest BCUT2D eigenvalue weighted by molar-refractivity contribution is 5.62. The molecule has 0 saturated carbocycles. The van der Waals surface area contributed by atoms with Gasteiger partial charge in [-0.05, 0) is 24.0 Å². The molecule has 0 radical (unpaired) electrons. The van der Waals surface area contributed by atoms with Gasteiger partial charge in [-0.1, -0.05) is 36.9 Å². The first-order valence-corrected chi connectivity index (χ1v) is 5.12. The fourth-order valence-corrected chi connectivity index (χ4v) is 1.42. The average Bonchev–Trinajstić information content (AvgIpc) is 2.26. The third-order valence-electron chi connectivity index (χ3n) is 2.32. The van der Waals surface area contributed by atoms with Crippen LogP contribution in [0.5, 0.6) is 0 Å². The fraction of sp³-hybridized carbons (Fsp3) is 0.333.